The van der Waals surface area contributed by atoms with Gasteiger partial charge in [0.1, 0.15) is 6.61 Å². The summed E-state index contributed by atoms with van der Waals surface area (Å²) in [6, 6.07) is 8.35. The Morgan fingerprint density at radius 2 is 2.00 bits per heavy atom. The van der Waals surface area contributed by atoms with E-state index in [1.165, 1.54) is 16.7 Å². The number of carbonyl (C=O) groups is 1. The molecule has 1 aliphatic rings. The van der Waals surface area contributed by atoms with E-state index >= 15 is 0 Å². The first-order valence-electron chi connectivity index (χ1n) is 7.55. The lowest BCUT2D eigenvalue weighted by Gasteiger charge is -2.17. The Hall–Kier alpha value is -2.09. The Kier molecular flexibility index (Phi) is 5.56. The first-order chi connectivity index (χ1) is 10.3. The summed E-state index contributed by atoms with van der Waals surface area (Å²) in [6.45, 7) is 4.31. The van der Waals surface area contributed by atoms with Crippen molar-refractivity contribution in [1.29, 1.82) is 0 Å². The van der Waals surface area contributed by atoms with Crippen molar-refractivity contribution in [1.82, 2.24) is 0 Å². The molecule has 1 aliphatic carbocycles. The number of rotatable bonds is 5. The van der Waals surface area contributed by atoms with Crippen molar-refractivity contribution in [2.75, 3.05) is 6.61 Å². The van der Waals surface area contributed by atoms with Gasteiger partial charge in [0, 0.05) is 12.0 Å². The fourth-order valence-electron chi connectivity index (χ4n) is 2.46. The third-order valence-corrected chi connectivity index (χ3v) is 3.66. The molecule has 0 aromatic heterocycles. The quantitative estimate of drug-likeness (QED) is 0.745. The van der Waals surface area contributed by atoms with Crippen LogP contribution in [0.2, 0.25) is 0 Å². The molecule has 1 aromatic rings. The third kappa shape index (κ3) is 3.94. The molecule has 0 saturated heterocycles. The number of aryl methyl sites for hydroxylation is 1. The summed E-state index contributed by atoms with van der Waals surface area (Å²) >= 11 is 0. The molecule has 0 radical (unpaired) electrons. The summed E-state index contributed by atoms with van der Waals surface area (Å²) in [5, 5.41) is 0. The highest BCUT2D eigenvalue weighted by Gasteiger charge is 2.13. The second kappa shape index (κ2) is 7.63. The van der Waals surface area contributed by atoms with Gasteiger partial charge >= 0.3 is 5.97 Å². The Morgan fingerprint density at radius 1 is 1.19 bits per heavy atom. The molecule has 0 N–H and O–H groups in total. The van der Waals surface area contributed by atoms with Gasteiger partial charge in [-0.1, -0.05) is 62.4 Å². The summed E-state index contributed by atoms with van der Waals surface area (Å²) < 4.78 is 5.41. The smallest absolute Gasteiger partial charge is 0.305 e. The van der Waals surface area contributed by atoms with E-state index in [4.69, 9.17) is 4.74 Å². The average Bonchev–Trinajstić information content (AvgIpc) is 2.56. The lowest BCUT2D eigenvalue weighted by Crippen LogP contribution is -2.08. The molecule has 0 spiro atoms. The van der Waals surface area contributed by atoms with E-state index in [0.717, 1.165) is 18.4 Å². The monoisotopic (exact) mass is 282 g/mol. The van der Waals surface area contributed by atoms with E-state index < -0.39 is 0 Å². The van der Waals surface area contributed by atoms with Crippen LogP contribution in [-0.2, 0) is 16.0 Å². The van der Waals surface area contributed by atoms with Crippen molar-refractivity contribution < 1.29 is 9.53 Å². The standard InChI is InChI=1S/C19H22O2/c1-3-15-10-8-9-13-17(15)18(14-21-19(20)4-2)16-11-6-5-7-12-16/h5-11,13H,3-4,12,14H2,1-2H3. The summed E-state index contributed by atoms with van der Waals surface area (Å²) in [4.78, 5) is 11.5. The van der Waals surface area contributed by atoms with E-state index in [-0.39, 0.29) is 5.97 Å². The van der Waals surface area contributed by atoms with E-state index in [1.807, 2.05) is 25.1 Å². The Bertz CT molecular complexity index is 591. The summed E-state index contributed by atoms with van der Waals surface area (Å²) in [6.07, 6.45) is 10.6. The number of hydrogen-bond acceptors (Lipinski definition) is 2. The van der Waals surface area contributed by atoms with Crippen LogP contribution in [0.25, 0.3) is 5.57 Å². The second-order valence-electron chi connectivity index (χ2n) is 5.02. The average molecular weight is 282 g/mol. The highest BCUT2D eigenvalue weighted by Crippen LogP contribution is 2.27. The Morgan fingerprint density at radius 3 is 2.67 bits per heavy atom. The van der Waals surface area contributed by atoms with Crippen molar-refractivity contribution in [2.45, 2.75) is 33.1 Å². The molecular formula is C19H22O2. The molecule has 1 aromatic carbocycles. The minimum Gasteiger partial charge on any atom is -0.461 e. The van der Waals surface area contributed by atoms with Gasteiger partial charge in [0.25, 0.3) is 0 Å². The zero-order chi connectivity index (χ0) is 15.1. The molecule has 0 saturated carbocycles. The van der Waals surface area contributed by atoms with Gasteiger partial charge in [-0.15, -0.1) is 0 Å². The zero-order valence-corrected chi connectivity index (χ0v) is 12.8. The molecule has 0 amide bonds. The highest BCUT2D eigenvalue weighted by molar-refractivity contribution is 5.77. The van der Waals surface area contributed by atoms with E-state index in [1.54, 1.807) is 0 Å². The normalized spacial score (nSPS) is 15.9. The van der Waals surface area contributed by atoms with Crippen molar-refractivity contribution >= 4 is 11.5 Å². The second-order valence-corrected chi connectivity index (χ2v) is 5.02. The van der Waals surface area contributed by atoms with Crippen LogP contribution >= 0.6 is 0 Å². The molecule has 0 bridgehead atoms. The minimum absolute atomic E-state index is 0.155. The number of benzene rings is 1. The maximum atomic E-state index is 11.5. The molecule has 21 heavy (non-hydrogen) atoms. The van der Waals surface area contributed by atoms with Crippen molar-refractivity contribution in [3.05, 3.63) is 65.3 Å². The molecule has 0 unspecified atom stereocenters. The molecule has 110 valence electrons. The number of esters is 1. The molecule has 2 nitrogen and oxygen atoms in total. The highest BCUT2D eigenvalue weighted by atomic mass is 16.5. The van der Waals surface area contributed by atoms with E-state index in [9.17, 15) is 4.79 Å². The predicted octanol–water partition coefficient (Wildman–Crippen LogP) is 4.47. The number of allylic oxidation sites excluding steroid dienone is 5. The van der Waals surface area contributed by atoms with Crippen molar-refractivity contribution in [3.8, 4) is 0 Å². The van der Waals surface area contributed by atoms with Gasteiger partial charge in [-0.25, -0.2) is 0 Å². The van der Waals surface area contributed by atoms with Gasteiger partial charge in [-0.3, -0.25) is 4.79 Å². The van der Waals surface area contributed by atoms with Gasteiger partial charge in [0.05, 0.1) is 0 Å². The first-order valence-corrected chi connectivity index (χ1v) is 7.55. The number of carbonyl (C=O) groups excluding carboxylic acids is 1. The van der Waals surface area contributed by atoms with Crippen LogP contribution < -0.4 is 0 Å². The van der Waals surface area contributed by atoms with Crippen molar-refractivity contribution in [3.63, 3.8) is 0 Å². The van der Waals surface area contributed by atoms with Crippen LogP contribution in [0.1, 0.15) is 37.8 Å². The van der Waals surface area contributed by atoms with Crippen LogP contribution in [0.4, 0.5) is 0 Å². The fourth-order valence-corrected chi connectivity index (χ4v) is 2.46. The summed E-state index contributed by atoms with van der Waals surface area (Å²) in [5.41, 5.74) is 4.83. The Balaban J connectivity index is 2.38. The van der Waals surface area contributed by atoms with Crippen LogP contribution in [0.15, 0.2) is 54.1 Å². The van der Waals surface area contributed by atoms with Crippen LogP contribution in [-0.4, -0.2) is 12.6 Å². The topological polar surface area (TPSA) is 26.3 Å². The lowest BCUT2D eigenvalue weighted by molar-refractivity contribution is -0.141. The van der Waals surface area contributed by atoms with Gasteiger partial charge in [-0.2, -0.15) is 0 Å². The van der Waals surface area contributed by atoms with Crippen LogP contribution in [0.5, 0.6) is 0 Å². The Labute approximate surface area is 126 Å². The summed E-state index contributed by atoms with van der Waals surface area (Å²) in [7, 11) is 0. The number of hydrogen-bond donors (Lipinski definition) is 0. The lowest BCUT2D eigenvalue weighted by atomic mass is 9.92. The fraction of sp³-hybridized carbons (Fsp3) is 0.316. The van der Waals surface area contributed by atoms with Crippen LogP contribution in [0, 0.1) is 0 Å². The van der Waals surface area contributed by atoms with Gasteiger partial charge < -0.3 is 4.74 Å². The molecule has 0 aliphatic heterocycles. The molecule has 0 heterocycles. The van der Waals surface area contributed by atoms with E-state index in [2.05, 4.69) is 37.3 Å². The predicted molar refractivity (Wildman–Crippen MR) is 86.9 cm³/mol. The maximum Gasteiger partial charge on any atom is 0.305 e. The largest absolute Gasteiger partial charge is 0.461 e. The maximum absolute atomic E-state index is 11.5. The van der Waals surface area contributed by atoms with Crippen molar-refractivity contribution in [2.24, 2.45) is 0 Å². The minimum atomic E-state index is -0.155. The van der Waals surface area contributed by atoms with Gasteiger partial charge in [0.15, 0.2) is 0 Å². The third-order valence-electron chi connectivity index (χ3n) is 3.66. The molecule has 2 heteroatoms. The first kappa shape index (κ1) is 15.3. The number of ether oxygens (including phenoxy) is 1. The van der Waals surface area contributed by atoms with E-state index in [0.29, 0.717) is 13.0 Å². The molecule has 2 rings (SSSR count). The van der Waals surface area contributed by atoms with Gasteiger partial charge in [-0.05, 0) is 29.5 Å². The zero-order valence-electron chi connectivity index (χ0n) is 12.8. The molecule has 0 atom stereocenters. The summed E-state index contributed by atoms with van der Waals surface area (Å²) in [5.74, 6) is -0.155. The van der Waals surface area contributed by atoms with Crippen LogP contribution in [0.3, 0.4) is 0 Å². The molecular weight excluding hydrogens is 260 g/mol. The SMILES string of the molecule is CCC(=O)OCC(=C1C=CC=CC1)c1ccccc1CC. The van der Waals surface area contributed by atoms with Gasteiger partial charge in [0.2, 0.25) is 0 Å². The molecule has 0 fully saturated rings.